The fraction of sp³-hybridized carbons (Fsp3) is 0.333. The molecule has 2 atom stereocenters. The lowest BCUT2D eigenvalue weighted by Gasteiger charge is -2.29. The zero-order valence-electron chi connectivity index (χ0n) is 20.0. The molecule has 0 aliphatic carbocycles. The number of carbonyl (C=O) groups is 2. The number of rotatable bonds is 10. The van der Waals surface area contributed by atoms with Crippen molar-refractivity contribution in [2.45, 2.75) is 32.1 Å². The minimum atomic E-state index is -0.719. The van der Waals surface area contributed by atoms with Gasteiger partial charge in [0.1, 0.15) is 5.82 Å². The summed E-state index contributed by atoms with van der Waals surface area (Å²) < 4.78 is 31.7. The highest BCUT2D eigenvalue weighted by Gasteiger charge is 2.30. The number of allylic oxidation sites excluding steroid dienone is 1. The van der Waals surface area contributed by atoms with Crippen LogP contribution in [0.25, 0.3) is 10.9 Å². The fourth-order valence-electron chi connectivity index (χ4n) is 4.17. The summed E-state index contributed by atoms with van der Waals surface area (Å²) in [7, 11) is 0. The minimum absolute atomic E-state index is 0.0800. The zero-order valence-corrected chi connectivity index (χ0v) is 20.0. The van der Waals surface area contributed by atoms with Gasteiger partial charge in [0, 0.05) is 37.4 Å². The van der Waals surface area contributed by atoms with Crippen molar-refractivity contribution in [3.8, 4) is 0 Å². The number of carbonyl (C=O) groups excluding carboxylic acids is 2. The Morgan fingerprint density at radius 1 is 1.14 bits per heavy atom. The van der Waals surface area contributed by atoms with Gasteiger partial charge >= 0.3 is 0 Å². The van der Waals surface area contributed by atoms with E-state index in [1.165, 1.54) is 19.1 Å². The summed E-state index contributed by atoms with van der Waals surface area (Å²) in [6.45, 7) is 2.32. The van der Waals surface area contributed by atoms with E-state index in [2.05, 4.69) is 5.32 Å². The number of para-hydroxylation sites is 1. The van der Waals surface area contributed by atoms with Crippen molar-refractivity contribution in [3.63, 3.8) is 0 Å². The second-order valence-corrected chi connectivity index (χ2v) is 8.43. The lowest BCUT2D eigenvalue weighted by atomic mass is 9.92. The molecule has 36 heavy (non-hydrogen) atoms. The van der Waals surface area contributed by atoms with Crippen LogP contribution in [0.15, 0.2) is 66.6 Å². The van der Waals surface area contributed by atoms with Gasteiger partial charge in [-0.3, -0.25) is 14.2 Å². The van der Waals surface area contributed by atoms with Crippen LogP contribution in [-0.2, 0) is 25.5 Å². The van der Waals surface area contributed by atoms with Crippen LogP contribution in [0, 0.1) is 5.82 Å². The summed E-state index contributed by atoms with van der Waals surface area (Å²) >= 11 is 0. The maximum absolute atomic E-state index is 13.2. The van der Waals surface area contributed by atoms with Crippen LogP contribution in [0.5, 0.6) is 0 Å². The molecule has 8 nitrogen and oxygen atoms in total. The van der Waals surface area contributed by atoms with Crippen LogP contribution in [0.2, 0.25) is 0 Å². The quantitative estimate of drug-likeness (QED) is 0.417. The van der Waals surface area contributed by atoms with Gasteiger partial charge in [-0.1, -0.05) is 30.3 Å². The number of aromatic nitrogens is 1. The normalized spacial score (nSPS) is 17.5. The predicted molar refractivity (Wildman–Crippen MR) is 131 cm³/mol. The molecule has 2 N–H and O–H groups in total. The Balaban J connectivity index is 1.56. The first-order chi connectivity index (χ1) is 17.5. The van der Waals surface area contributed by atoms with E-state index in [0.29, 0.717) is 6.42 Å². The highest BCUT2D eigenvalue weighted by Crippen LogP contribution is 2.36. The average Bonchev–Trinajstić information content (AvgIpc) is 3.28. The Morgan fingerprint density at radius 3 is 2.67 bits per heavy atom. The summed E-state index contributed by atoms with van der Waals surface area (Å²) in [4.78, 5) is 25.2. The van der Waals surface area contributed by atoms with Crippen LogP contribution >= 0.6 is 0 Å². The highest BCUT2D eigenvalue weighted by molar-refractivity contribution is 5.95. The van der Waals surface area contributed by atoms with Gasteiger partial charge < -0.3 is 24.6 Å². The Bertz CT molecular complexity index is 1240. The molecule has 1 amide bonds. The van der Waals surface area contributed by atoms with Crippen molar-refractivity contribution in [1.82, 2.24) is 9.88 Å². The minimum Gasteiger partial charge on any atom is -0.459 e. The lowest BCUT2D eigenvalue weighted by Crippen LogP contribution is -2.33. The molecule has 4 rings (SSSR count). The lowest BCUT2D eigenvalue weighted by molar-refractivity contribution is -0.151. The number of hydrogen-bond donors (Lipinski definition) is 2. The molecule has 2 unspecified atom stereocenters. The molecule has 1 aliphatic heterocycles. The number of benzene rings is 2. The van der Waals surface area contributed by atoms with Crippen molar-refractivity contribution < 1.29 is 33.3 Å². The standard InChI is InChI=1S/C27H29FN2O6/c1-18(32)30-17-23(22-4-2-3-5-24(22)30)20-14-25(36-26(15-20)35-13-12-34-11-10-31)27(33)29-16-19-6-8-21(28)9-7-19/h2-9,14,17,20,26,31H,10-13,15-16H2,1H3,(H,29,33). The smallest absolute Gasteiger partial charge is 0.286 e. The van der Waals surface area contributed by atoms with Gasteiger partial charge in [-0.05, 0) is 35.4 Å². The molecule has 0 saturated heterocycles. The zero-order chi connectivity index (χ0) is 25.5. The number of aliphatic hydroxyl groups excluding tert-OH is 1. The molecule has 2 heterocycles. The summed E-state index contributed by atoms with van der Waals surface area (Å²) in [5.74, 6) is -1.03. The Kier molecular flexibility index (Phi) is 8.48. The number of ether oxygens (including phenoxy) is 3. The van der Waals surface area contributed by atoms with Gasteiger partial charge in [-0.25, -0.2) is 4.39 Å². The number of hydrogen-bond acceptors (Lipinski definition) is 6. The third kappa shape index (κ3) is 6.17. The van der Waals surface area contributed by atoms with Gasteiger partial charge in [0.2, 0.25) is 12.2 Å². The third-order valence-electron chi connectivity index (χ3n) is 5.90. The van der Waals surface area contributed by atoms with E-state index in [-0.39, 0.29) is 56.4 Å². The Labute approximate surface area is 208 Å². The predicted octanol–water partition coefficient (Wildman–Crippen LogP) is 3.50. The van der Waals surface area contributed by atoms with E-state index >= 15 is 0 Å². The van der Waals surface area contributed by atoms with E-state index in [1.807, 2.05) is 24.3 Å². The largest absolute Gasteiger partial charge is 0.459 e. The maximum atomic E-state index is 13.2. The third-order valence-corrected chi connectivity index (χ3v) is 5.90. The molecule has 1 aromatic heterocycles. The number of nitrogens with zero attached hydrogens (tertiary/aromatic N) is 1. The van der Waals surface area contributed by atoms with Crippen molar-refractivity contribution in [2.75, 3.05) is 26.4 Å². The summed E-state index contributed by atoms with van der Waals surface area (Å²) in [6, 6.07) is 13.5. The molecule has 0 fully saturated rings. The Hall–Kier alpha value is -3.53. The van der Waals surface area contributed by atoms with Gasteiger partial charge in [0.25, 0.3) is 5.91 Å². The van der Waals surface area contributed by atoms with Crippen LogP contribution in [0.1, 0.15) is 35.2 Å². The molecule has 2 aromatic carbocycles. The highest BCUT2D eigenvalue weighted by atomic mass is 19.1. The molecule has 0 bridgehead atoms. The van der Waals surface area contributed by atoms with Gasteiger partial charge in [0.15, 0.2) is 5.76 Å². The molecule has 3 aromatic rings. The van der Waals surface area contributed by atoms with Gasteiger partial charge in [-0.2, -0.15) is 0 Å². The topological polar surface area (TPSA) is 99.0 Å². The van der Waals surface area contributed by atoms with Gasteiger partial charge in [-0.15, -0.1) is 0 Å². The first-order valence-electron chi connectivity index (χ1n) is 11.8. The van der Waals surface area contributed by atoms with E-state index in [9.17, 15) is 14.0 Å². The summed E-state index contributed by atoms with van der Waals surface area (Å²) in [6.07, 6.45) is 3.26. The first kappa shape index (κ1) is 25.6. The molecule has 1 aliphatic rings. The van der Waals surface area contributed by atoms with E-state index in [4.69, 9.17) is 19.3 Å². The van der Waals surface area contributed by atoms with Crippen molar-refractivity contribution in [3.05, 3.63) is 83.5 Å². The first-order valence-corrected chi connectivity index (χ1v) is 11.8. The maximum Gasteiger partial charge on any atom is 0.286 e. The van der Waals surface area contributed by atoms with Crippen molar-refractivity contribution in [1.29, 1.82) is 0 Å². The monoisotopic (exact) mass is 496 g/mol. The van der Waals surface area contributed by atoms with E-state index < -0.39 is 12.2 Å². The number of aliphatic hydroxyl groups is 1. The molecular weight excluding hydrogens is 467 g/mol. The molecule has 9 heteroatoms. The van der Waals surface area contributed by atoms with Crippen molar-refractivity contribution in [2.24, 2.45) is 0 Å². The molecule has 0 saturated carbocycles. The van der Waals surface area contributed by atoms with E-state index in [0.717, 1.165) is 22.0 Å². The van der Waals surface area contributed by atoms with Gasteiger partial charge in [0.05, 0.1) is 31.9 Å². The number of fused-ring (bicyclic) bond motifs is 1. The molecule has 0 radical (unpaired) electrons. The fourth-order valence-corrected chi connectivity index (χ4v) is 4.17. The number of amides is 1. The van der Waals surface area contributed by atoms with E-state index in [1.54, 1.807) is 29.0 Å². The average molecular weight is 497 g/mol. The van der Waals surface area contributed by atoms with Crippen LogP contribution < -0.4 is 5.32 Å². The molecular formula is C27H29FN2O6. The molecule has 0 spiro atoms. The summed E-state index contributed by atoms with van der Waals surface area (Å²) in [5, 5.41) is 12.6. The van der Waals surface area contributed by atoms with Crippen LogP contribution in [0.3, 0.4) is 0 Å². The summed E-state index contributed by atoms with van der Waals surface area (Å²) in [5.41, 5.74) is 2.42. The second kappa shape index (κ2) is 11.9. The number of nitrogens with one attached hydrogen (secondary N) is 1. The second-order valence-electron chi connectivity index (χ2n) is 8.43. The number of halogens is 1. The SMILES string of the molecule is CC(=O)n1cc(C2C=C(C(=O)NCc3ccc(F)cc3)OC(OCCOCCO)C2)c2ccccc21. The van der Waals surface area contributed by atoms with Crippen LogP contribution in [-0.4, -0.2) is 54.2 Å². The van der Waals surface area contributed by atoms with Crippen LogP contribution in [0.4, 0.5) is 4.39 Å². The van der Waals surface area contributed by atoms with Crippen molar-refractivity contribution >= 4 is 22.7 Å². The molecule has 190 valence electrons. The Morgan fingerprint density at radius 2 is 1.92 bits per heavy atom.